The van der Waals surface area contributed by atoms with Gasteiger partial charge >= 0.3 is 0 Å². The van der Waals surface area contributed by atoms with Gasteiger partial charge in [-0.25, -0.2) is 11.8 Å². The highest BCUT2D eigenvalue weighted by Crippen LogP contribution is 2.11. The van der Waals surface area contributed by atoms with Crippen LogP contribution >= 0.6 is 11.8 Å². The molecule has 0 N–H and O–H groups in total. The molecular formula is C4H7S. The molecule has 0 unspecified atom stereocenters. The lowest BCUT2D eigenvalue weighted by atomic mass is 10.5. The maximum atomic E-state index is 2.22. The Morgan fingerprint density at radius 2 is 2.60 bits per heavy atom. The van der Waals surface area contributed by atoms with E-state index in [2.05, 4.69) is 11.5 Å². The van der Waals surface area contributed by atoms with Gasteiger partial charge in [0, 0.05) is 0 Å². The van der Waals surface area contributed by atoms with Gasteiger partial charge in [-0.2, -0.15) is 0 Å². The normalized spacial score (nSPS) is 20.8. The third-order valence-electron chi connectivity index (χ3n) is 0.636. The minimum atomic E-state index is 1.31. The van der Waals surface area contributed by atoms with Gasteiger partial charge in [-0.3, -0.25) is 0 Å². The Morgan fingerprint density at radius 3 is 2.80 bits per heavy atom. The number of allylic oxidation sites excluding steroid dienone is 1. The fraction of sp³-hybridized carbons (Fsp3) is 0.500. The van der Waals surface area contributed by atoms with Crippen molar-refractivity contribution in [2.24, 2.45) is 0 Å². The second kappa shape index (κ2) is 1.51. The first-order valence-electron chi connectivity index (χ1n) is 1.82. The summed E-state index contributed by atoms with van der Waals surface area (Å²) in [5, 5.41) is 2.21. The highest BCUT2D eigenvalue weighted by molar-refractivity contribution is 8.02. The number of hydrogen-bond donors (Lipinski definition) is 1. The summed E-state index contributed by atoms with van der Waals surface area (Å²) in [5.74, 6) is 1.36. The highest BCUT2D eigenvalue weighted by atomic mass is 32.2. The Morgan fingerprint density at radius 1 is 1.60 bits per heavy atom. The van der Waals surface area contributed by atoms with E-state index in [1.165, 1.54) is 23.9 Å². The van der Waals surface area contributed by atoms with Crippen LogP contribution in [-0.4, -0.2) is 5.75 Å². The van der Waals surface area contributed by atoms with Gasteiger partial charge in [-0.05, 0) is 17.6 Å². The van der Waals surface area contributed by atoms with Crippen LogP contribution < -0.4 is 0 Å². The monoisotopic (exact) mass is 87.0 g/mol. The lowest BCUT2D eigenvalue weighted by molar-refractivity contribution is 1.28. The second-order valence-electron chi connectivity index (χ2n) is 1.08. The van der Waals surface area contributed by atoms with Crippen molar-refractivity contribution in [3.05, 3.63) is 11.5 Å². The predicted molar refractivity (Wildman–Crippen MR) is 27.6 cm³/mol. The maximum absolute atomic E-state index is 2.22. The molecule has 29 valence electrons. The van der Waals surface area contributed by atoms with E-state index in [1.54, 1.807) is 0 Å². The lowest BCUT2D eigenvalue weighted by Gasteiger charge is -1.72. The van der Waals surface area contributed by atoms with Gasteiger partial charge in [-0.1, -0.05) is 6.08 Å². The zero-order chi connectivity index (χ0) is 3.54. The van der Waals surface area contributed by atoms with Gasteiger partial charge in [0.05, 0.1) is 0 Å². The molecule has 1 aliphatic heterocycles. The Kier molecular flexibility index (Phi) is 0.991. The van der Waals surface area contributed by atoms with Crippen molar-refractivity contribution in [1.29, 1.82) is 0 Å². The molecule has 1 aliphatic rings. The average Bonchev–Trinajstić information content (AvgIpc) is 1.76. The highest BCUT2D eigenvalue weighted by Gasteiger charge is 1.83. The summed E-state index contributed by atoms with van der Waals surface area (Å²) < 4.78 is 0. The van der Waals surface area contributed by atoms with E-state index >= 15 is 0 Å². The second-order valence-corrected chi connectivity index (χ2v) is 2.19. The van der Waals surface area contributed by atoms with Gasteiger partial charge in [0.25, 0.3) is 0 Å². The van der Waals surface area contributed by atoms with Crippen LogP contribution in [0.1, 0.15) is 6.42 Å². The molecule has 1 heteroatoms. The van der Waals surface area contributed by atoms with Crippen LogP contribution in [0, 0.1) is 0 Å². The fourth-order valence-electron chi connectivity index (χ4n) is 0.373. The van der Waals surface area contributed by atoms with E-state index in [4.69, 9.17) is 0 Å². The van der Waals surface area contributed by atoms with E-state index in [0.717, 1.165) is 0 Å². The number of rotatable bonds is 0. The molecule has 1 radical (unpaired) electrons. The van der Waals surface area contributed by atoms with Crippen LogP contribution in [0.5, 0.6) is 0 Å². The molecule has 0 bridgehead atoms. The molecule has 0 nitrogen and oxygen atoms in total. The summed E-state index contributed by atoms with van der Waals surface area (Å²) >= 11 is 1.51. The molecule has 0 aromatic carbocycles. The van der Waals surface area contributed by atoms with E-state index in [9.17, 15) is 0 Å². The van der Waals surface area contributed by atoms with Crippen molar-refractivity contribution in [3.8, 4) is 0 Å². The minimum Gasteiger partial charge on any atom is -0.200 e. The molecule has 0 aliphatic carbocycles. The maximum Gasteiger partial charge on any atom is -0.0110 e. The zero-order valence-corrected chi connectivity index (χ0v) is 3.91. The summed E-state index contributed by atoms with van der Waals surface area (Å²) in [6, 6.07) is 0. The van der Waals surface area contributed by atoms with Gasteiger partial charge in [0.2, 0.25) is 0 Å². The molecule has 5 heavy (non-hydrogen) atoms. The quantitative estimate of drug-likeness (QED) is 0.424. The smallest absolute Gasteiger partial charge is 0.0110 e. The SMILES string of the molecule is C1=C[SH]CC1. The van der Waals surface area contributed by atoms with Gasteiger partial charge in [0.15, 0.2) is 0 Å². The molecule has 0 atom stereocenters. The fourth-order valence-corrected chi connectivity index (χ4v) is 1.12. The van der Waals surface area contributed by atoms with Crippen LogP contribution in [0.25, 0.3) is 0 Å². The molecule has 0 aromatic heterocycles. The largest absolute Gasteiger partial charge is 0.200 e. The molecule has 0 spiro atoms. The minimum absolute atomic E-state index is 1.31. The molecule has 0 saturated carbocycles. The Balaban J connectivity index is 2.32. The topological polar surface area (TPSA) is 0 Å². The van der Waals surface area contributed by atoms with Crippen LogP contribution in [0.3, 0.4) is 0 Å². The molecule has 1 heterocycles. The Labute approximate surface area is 36.3 Å². The van der Waals surface area contributed by atoms with Crippen molar-refractivity contribution in [2.75, 3.05) is 5.75 Å². The van der Waals surface area contributed by atoms with E-state index in [1.807, 2.05) is 0 Å². The number of hydrogen-bond acceptors (Lipinski definition) is 0. The van der Waals surface area contributed by atoms with Crippen molar-refractivity contribution < 1.29 is 0 Å². The van der Waals surface area contributed by atoms with Crippen LogP contribution in [0.15, 0.2) is 11.5 Å². The first kappa shape index (κ1) is 3.29. The molecule has 0 amide bonds. The van der Waals surface area contributed by atoms with Crippen molar-refractivity contribution in [2.45, 2.75) is 6.42 Å². The summed E-state index contributed by atoms with van der Waals surface area (Å²) in [5.41, 5.74) is 0. The zero-order valence-electron chi connectivity index (χ0n) is 3.02. The first-order valence-corrected chi connectivity index (χ1v) is 2.96. The number of thiol groups is 1. The van der Waals surface area contributed by atoms with E-state index in [0.29, 0.717) is 0 Å². The third-order valence-corrected chi connectivity index (χ3v) is 1.57. The van der Waals surface area contributed by atoms with Gasteiger partial charge < -0.3 is 0 Å². The lowest BCUT2D eigenvalue weighted by Crippen LogP contribution is -1.56. The van der Waals surface area contributed by atoms with E-state index < -0.39 is 0 Å². The Hall–Kier alpha value is 0.0900. The molecule has 1 rings (SSSR count). The summed E-state index contributed by atoms with van der Waals surface area (Å²) in [6.45, 7) is 0. The van der Waals surface area contributed by atoms with Gasteiger partial charge in [-0.15, -0.1) is 0 Å². The summed E-state index contributed by atoms with van der Waals surface area (Å²) in [7, 11) is 0. The molecule has 0 fully saturated rings. The summed E-state index contributed by atoms with van der Waals surface area (Å²) in [6.07, 6.45) is 3.53. The molecule has 0 aromatic rings. The van der Waals surface area contributed by atoms with Crippen molar-refractivity contribution in [1.82, 2.24) is 0 Å². The molecular weight excluding hydrogens is 80.1 g/mol. The molecule has 0 saturated heterocycles. The predicted octanol–water partition coefficient (Wildman–Crippen LogP) is 1.37. The van der Waals surface area contributed by atoms with Crippen molar-refractivity contribution >= 4 is 11.8 Å². The third kappa shape index (κ3) is 0.690. The first-order chi connectivity index (χ1) is 2.50. The van der Waals surface area contributed by atoms with Crippen LogP contribution in [0.2, 0.25) is 0 Å². The summed E-state index contributed by atoms with van der Waals surface area (Å²) in [4.78, 5) is 0. The Bertz CT molecular complexity index is 41.6. The van der Waals surface area contributed by atoms with Gasteiger partial charge in [0.1, 0.15) is 0 Å². The van der Waals surface area contributed by atoms with Crippen LogP contribution in [0.4, 0.5) is 0 Å². The van der Waals surface area contributed by atoms with Crippen LogP contribution in [-0.2, 0) is 0 Å². The average molecular weight is 87.2 g/mol. The van der Waals surface area contributed by atoms with Crippen molar-refractivity contribution in [3.63, 3.8) is 0 Å². The standard InChI is InChI=1S/C4H7S/c1-2-4-5-3-1/h1,3,5H,2,4H2. The van der Waals surface area contributed by atoms with E-state index in [-0.39, 0.29) is 0 Å².